The topological polar surface area (TPSA) is 80.1 Å². The van der Waals surface area contributed by atoms with Crippen LogP contribution in [0.3, 0.4) is 0 Å². The molecule has 0 heterocycles. The molecule has 0 aliphatic carbocycles. The largest absolute Gasteiger partial charge is 0.363 e. The van der Waals surface area contributed by atoms with Crippen LogP contribution in [-0.2, 0) is 4.84 Å². The number of hydrogen-bond acceptors (Lipinski definition) is 5. The molecule has 0 atom stereocenters. The Morgan fingerprint density at radius 2 is 1.61 bits per heavy atom. The number of nitrogens with zero attached hydrogens (tertiary/aromatic N) is 2. The molecule has 0 spiro atoms. The molecule has 1 amide bonds. The van der Waals surface area contributed by atoms with Crippen LogP contribution in [0.2, 0.25) is 5.02 Å². The molecule has 28 heavy (non-hydrogen) atoms. The van der Waals surface area contributed by atoms with E-state index in [1.54, 1.807) is 60.7 Å². The Morgan fingerprint density at radius 1 is 0.929 bits per heavy atom. The first-order chi connectivity index (χ1) is 13.5. The van der Waals surface area contributed by atoms with Crippen LogP contribution in [0, 0.1) is 6.92 Å². The summed E-state index contributed by atoms with van der Waals surface area (Å²) in [6, 6.07) is 20.1. The first-order valence-corrected chi connectivity index (χ1v) is 8.75. The molecule has 0 saturated carbocycles. The van der Waals surface area contributed by atoms with Crippen LogP contribution >= 0.6 is 11.6 Å². The minimum Gasteiger partial charge on any atom is -0.338 e. The number of carbonyl (C=O) groups is 2. The third-order valence-corrected chi connectivity index (χ3v) is 4.09. The molecule has 3 aromatic carbocycles. The lowest BCUT2D eigenvalue weighted by Gasteiger charge is -2.08. The summed E-state index contributed by atoms with van der Waals surface area (Å²) < 4.78 is 0. The molecular weight excluding hydrogens is 378 g/mol. The van der Waals surface area contributed by atoms with E-state index in [9.17, 15) is 9.59 Å². The lowest BCUT2D eigenvalue weighted by atomic mass is 10.1. The molecule has 0 aliphatic rings. The Morgan fingerprint density at radius 3 is 2.29 bits per heavy atom. The van der Waals surface area contributed by atoms with Gasteiger partial charge in [-0.15, -0.1) is 10.2 Å². The standard InChI is InChI=1S/C21H16ClN3O3/c1-14-4-2-3-5-19(14)21(27)28-25-18-12-10-17(11-13-18)23-24-20(26)15-6-8-16(22)9-7-15/h2-13,25H,1H3. The molecule has 0 unspecified atom stereocenters. The summed E-state index contributed by atoms with van der Waals surface area (Å²) in [6.45, 7) is 1.84. The molecular formula is C21H16ClN3O3. The fourth-order valence-electron chi connectivity index (χ4n) is 2.31. The summed E-state index contributed by atoms with van der Waals surface area (Å²) in [7, 11) is 0. The highest BCUT2D eigenvalue weighted by molar-refractivity contribution is 6.30. The van der Waals surface area contributed by atoms with Gasteiger partial charge < -0.3 is 4.84 Å². The summed E-state index contributed by atoms with van der Waals surface area (Å²) in [5.41, 5.74) is 5.35. The Labute approximate surface area is 166 Å². The number of carbonyl (C=O) groups excluding carboxylic acids is 2. The Hall–Kier alpha value is -3.51. The molecule has 0 bridgehead atoms. The van der Waals surface area contributed by atoms with E-state index in [1.807, 2.05) is 19.1 Å². The van der Waals surface area contributed by atoms with E-state index in [-0.39, 0.29) is 0 Å². The van der Waals surface area contributed by atoms with Crippen molar-refractivity contribution in [3.63, 3.8) is 0 Å². The third kappa shape index (κ3) is 5.02. The number of halogens is 1. The second-order valence-electron chi connectivity index (χ2n) is 5.87. The van der Waals surface area contributed by atoms with Crippen molar-refractivity contribution in [2.45, 2.75) is 6.92 Å². The van der Waals surface area contributed by atoms with Gasteiger partial charge in [0.05, 0.1) is 16.9 Å². The summed E-state index contributed by atoms with van der Waals surface area (Å²) in [5.74, 6) is -0.943. The average molecular weight is 394 g/mol. The number of rotatable bonds is 5. The predicted molar refractivity (Wildman–Crippen MR) is 107 cm³/mol. The lowest BCUT2D eigenvalue weighted by molar-refractivity contribution is 0.0595. The van der Waals surface area contributed by atoms with Gasteiger partial charge in [0.1, 0.15) is 0 Å². The third-order valence-electron chi connectivity index (χ3n) is 3.84. The highest BCUT2D eigenvalue weighted by Gasteiger charge is 2.10. The normalized spacial score (nSPS) is 10.6. The van der Waals surface area contributed by atoms with Crippen molar-refractivity contribution in [3.8, 4) is 0 Å². The van der Waals surface area contributed by atoms with E-state index in [4.69, 9.17) is 16.4 Å². The van der Waals surface area contributed by atoms with Crippen molar-refractivity contribution in [2.24, 2.45) is 10.2 Å². The van der Waals surface area contributed by atoms with Gasteiger partial charge in [-0.3, -0.25) is 4.79 Å². The first kappa shape index (κ1) is 19.3. The maximum absolute atomic E-state index is 12.1. The molecule has 0 aliphatic heterocycles. The molecule has 0 aromatic heterocycles. The Bertz CT molecular complexity index is 1020. The quantitative estimate of drug-likeness (QED) is 0.441. The van der Waals surface area contributed by atoms with Crippen LogP contribution in [0.25, 0.3) is 0 Å². The van der Waals surface area contributed by atoms with Crippen LogP contribution in [0.4, 0.5) is 11.4 Å². The van der Waals surface area contributed by atoms with E-state index in [0.29, 0.717) is 27.5 Å². The number of azo groups is 1. The Kier molecular flexibility index (Phi) is 6.14. The highest BCUT2D eigenvalue weighted by Crippen LogP contribution is 2.18. The number of benzene rings is 3. The summed E-state index contributed by atoms with van der Waals surface area (Å²) in [4.78, 5) is 29.1. The Balaban J connectivity index is 1.57. The van der Waals surface area contributed by atoms with Crippen LogP contribution in [0.1, 0.15) is 26.3 Å². The predicted octanol–water partition coefficient (Wildman–Crippen LogP) is 5.76. The summed E-state index contributed by atoms with van der Waals surface area (Å²) in [5, 5.41) is 8.13. The zero-order valence-corrected chi connectivity index (χ0v) is 15.7. The summed E-state index contributed by atoms with van der Waals surface area (Å²) in [6.07, 6.45) is 0. The fraction of sp³-hybridized carbons (Fsp3) is 0.0476. The van der Waals surface area contributed by atoms with Gasteiger partial charge >= 0.3 is 5.97 Å². The zero-order valence-electron chi connectivity index (χ0n) is 14.9. The molecule has 1 N–H and O–H groups in total. The number of amides is 1. The minimum atomic E-state index is -0.476. The van der Waals surface area contributed by atoms with Gasteiger partial charge in [0.2, 0.25) is 0 Å². The van der Waals surface area contributed by atoms with E-state index >= 15 is 0 Å². The number of aryl methyl sites for hydroxylation is 1. The molecule has 3 rings (SSSR count). The fourth-order valence-corrected chi connectivity index (χ4v) is 2.44. The molecule has 7 heteroatoms. The molecule has 0 saturated heterocycles. The maximum atomic E-state index is 12.1. The van der Waals surface area contributed by atoms with Crippen molar-refractivity contribution < 1.29 is 14.4 Å². The molecule has 6 nitrogen and oxygen atoms in total. The first-order valence-electron chi connectivity index (χ1n) is 8.37. The maximum Gasteiger partial charge on any atom is 0.363 e. The highest BCUT2D eigenvalue weighted by atomic mass is 35.5. The van der Waals surface area contributed by atoms with Crippen molar-refractivity contribution in [3.05, 3.63) is 94.5 Å². The van der Waals surface area contributed by atoms with Gasteiger partial charge in [-0.25, -0.2) is 10.3 Å². The molecule has 3 aromatic rings. The van der Waals surface area contributed by atoms with Crippen molar-refractivity contribution >= 4 is 34.9 Å². The zero-order chi connectivity index (χ0) is 19.9. The minimum absolute atomic E-state index is 0.398. The molecule has 0 fully saturated rings. The molecule has 140 valence electrons. The second-order valence-corrected chi connectivity index (χ2v) is 6.30. The van der Waals surface area contributed by atoms with Gasteiger partial charge in [-0.2, -0.15) is 0 Å². The van der Waals surface area contributed by atoms with E-state index in [1.165, 1.54) is 0 Å². The van der Waals surface area contributed by atoms with Crippen molar-refractivity contribution in [2.75, 3.05) is 5.48 Å². The van der Waals surface area contributed by atoms with Gasteiger partial charge in [0.15, 0.2) is 0 Å². The number of anilines is 1. The van der Waals surface area contributed by atoms with Crippen molar-refractivity contribution in [1.82, 2.24) is 0 Å². The number of hydrogen-bond donors (Lipinski definition) is 1. The van der Waals surface area contributed by atoms with Crippen LogP contribution in [-0.4, -0.2) is 11.9 Å². The SMILES string of the molecule is Cc1ccccc1C(=O)ONc1ccc(N=NC(=O)c2ccc(Cl)cc2)cc1. The average Bonchev–Trinajstić information content (AvgIpc) is 2.72. The van der Waals surface area contributed by atoms with E-state index in [2.05, 4.69) is 15.7 Å². The molecule has 0 radical (unpaired) electrons. The lowest BCUT2D eigenvalue weighted by Crippen LogP contribution is -2.11. The van der Waals surface area contributed by atoms with Crippen LogP contribution in [0.15, 0.2) is 83.0 Å². The second kappa shape index (κ2) is 8.92. The van der Waals surface area contributed by atoms with Crippen LogP contribution < -0.4 is 5.48 Å². The number of nitrogens with one attached hydrogen (secondary N) is 1. The van der Waals surface area contributed by atoms with Gasteiger partial charge in [0.25, 0.3) is 5.91 Å². The van der Waals surface area contributed by atoms with Gasteiger partial charge in [0, 0.05) is 10.6 Å². The van der Waals surface area contributed by atoms with E-state index in [0.717, 1.165) is 5.56 Å². The summed E-state index contributed by atoms with van der Waals surface area (Å²) >= 11 is 5.79. The van der Waals surface area contributed by atoms with Crippen LogP contribution in [0.5, 0.6) is 0 Å². The smallest absolute Gasteiger partial charge is 0.338 e. The van der Waals surface area contributed by atoms with Gasteiger partial charge in [-0.05, 0) is 67.1 Å². The monoisotopic (exact) mass is 393 g/mol. The van der Waals surface area contributed by atoms with Gasteiger partial charge in [-0.1, -0.05) is 29.8 Å². The van der Waals surface area contributed by atoms with Crippen molar-refractivity contribution in [1.29, 1.82) is 0 Å². The van der Waals surface area contributed by atoms with E-state index < -0.39 is 11.9 Å².